The minimum absolute atomic E-state index is 0.251. The zero-order valence-corrected chi connectivity index (χ0v) is 22.0. The van der Waals surface area contributed by atoms with Gasteiger partial charge in [-0.05, 0) is 53.9 Å². The highest BCUT2D eigenvalue weighted by Gasteiger charge is 2.31. The Bertz CT molecular complexity index is 1520. The number of fused-ring (bicyclic) bond motifs is 4. The predicted octanol–water partition coefficient (Wildman–Crippen LogP) is 5.90. The van der Waals surface area contributed by atoms with E-state index >= 15 is 0 Å². The molecule has 1 aromatic heterocycles. The lowest BCUT2D eigenvalue weighted by atomic mass is 9.88. The molecular weight excluding hydrogens is 481 g/mol. The second-order valence-corrected chi connectivity index (χ2v) is 9.28. The lowest BCUT2D eigenvalue weighted by Crippen LogP contribution is -2.41. The number of aryl methyl sites for hydroxylation is 2. The Hall–Kier alpha value is -4.24. The lowest BCUT2D eigenvalue weighted by molar-refractivity contribution is -0.686. The molecule has 0 atom stereocenters. The predicted molar refractivity (Wildman–Crippen MR) is 146 cm³/mol. The molecule has 0 unspecified atom stereocenters. The number of pyridine rings is 1. The average molecular weight is 513 g/mol. The molecule has 0 N–H and O–H groups in total. The van der Waals surface area contributed by atoms with Crippen LogP contribution in [0.15, 0.2) is 54.7 Å². The van der Waals surface area contributed by atoms with Crippen molar-refractivity contribution in [3.63, 3.8) is 0 Å². The molecule has 0 fully saturated rings. The fourth-order valence-electron chi connectivity index (χ4n) is 5.24. The van der Waals surface area contributed by atoms with Gasteiger partial charge in [0.15, 0.2) is 35.7 Å². The van der Waals surface area contributed by atoms with Gasteiger partial charge >= 0.3 is 0 Å². The number of aromatic nitrogens is 1. The van der Waals surface area contributed by atoms with Gasteiger partial charge in [-0.15, -0.1) is 12.3 Å². The van der Waals surface area contributed by atoms with E-state index in [4.69, 9.17) is 25.4 Å². The second-order valence-electron chi connectivity index (χ2n) is 9.28. The van der Waals surface area contributed by atoms with Gasteiger partial charge in [0.25, 0.3) is 0 Å². The number of halogens is 1. The van der Waals surface area contributed by atoms with Gasteiger partial charge in [-0.3, -0.25) is 0 Å². The molecule has 2 heterocycles. The first-order valence-corrected chi connectivity index (χ1v) is 12.7. The molecule has 4 aromatic rings. The van der Waals surface area contributed by atoms with E-state index in [2.05, 4.69) is 34.9 Å². The summed E-state index contributed by atoms with van der Waals surface area (Å²) in [4.78, 5) is 0. The van der Waals surface area contributed by atoms with E-state index in [0.717, 1.165) is 58.3 Å². The highest BCUT2D eigenvalue weighted by Crippen LogP contribution is 2.43. The van der Waals surface area contributed by atoms with Crippen LogP contribution < -0.4 is 23.5 Å². The van der Waals surface area contributed by atoms with Gasteiger partial charge in [-0.25, -0.2) is 4.39 Å². The number of unbranched alkanes of at least 4 members (excludes halogenated alkanes) is 1. The summed E-state index contributed by atoms with van der Waals surface area (Å²) in [5, 5.41) is 2.02. The highest BCUT2D eigenvalue weighted by molar-refractivity contribution is 5.95. The molecule has 5 nitrogen and oxygen atoms in total. The van der Waals surface area contributed by atoms with Gasteiger partial charge in [-0.2, -0.15) is 4.57 Å². The maximum Gasteiger partial charge on any atom is 0.217 e. The normalized spacial score (nSPS) is 11.9. The van der Waals surface area contributed by atoms with Crippen molar-refractivity contribution in [1.82, 2.24) is 0 Å². The summed E-state index contributed by atoms with van der Waals surface area (Å²) >= 11 is 0. The molecule has 0 radical (unpaired) electrons. The third-order valence-corrected chi connectivity index (χ3v) is 7.05. The van der Waals surface area contributed by atoms with Crippen LogP contribution in [0.2, 0.25) is 0 Å². The molecule has 194 valence electrons. The second kappa shape index (κ2) is 11.0. The fourth-order valence-corrected chi connectivity index (χ4v) is 5.24. The number of methoxy groups -OCH3 is 3. The molecule has 0 amide bonds. The molecule has 6 heteroatoms. The molecular formula is C32H31FNO4+. The largest absolute Gasteiger partial charge is 0.493 e. The van der Waals surface area contributed by atoms with Crippen LogP contribution in [-0.4, -0.2) is 27.9 Å². The van der Waals surface area contributed by atoms with Crippen molar-refractivity contribution in [2.75, 3.05) is 27.9 Å². The Morgan fingerprint density at radius 2 is 1.71 bits per heavy atom. The summed E-state index contributed by atoms with van der Waals surface area (Å²) < 4.78 is 39.2. The van der Waals surface area contributed by atoms with Crippen LogP contribution in [0, 0.1) is 18.2 Å². The van der Waals surface area contributed by atoms with Crippen LogP contribution in [0.5, 0.6) is 23.0 Å². The zero-order chi connectivity index (χ0) is 26.6. The molecule has 0 saturated heterocycles. The van der Waals surface area contributed by atoms with Crippen molar-refractivity contribution < 1.29 is 27.9 Å². The van der Waals surface area contributed by atoms with Gasteiger partial charge < -0.3 is 18.9 Å². The van der Waals surface area contributed by atoms with Crippen molar-refractivity contribution >= 4 is 10.8 Å². The Labute approximate surface area is 222 Å². The van der Waals surface area contributed by atoms with E-state index in [1.165, 1.54) is 17.7 Å². The Morgan fingerprint density at radius 1 is 0.921 bits per heavy atom. The summed E-state index contributed by atoms with van der Waals surface area (Å²) in [5.74, 6) is 5.18. The van der Waals surface area contributed by atoms with E-state index < -0.39 is 0 Å². The van der Waals surface area contributed by atoms with Crippen molar-refractivity contribution in [2.45, 2.75) is 32.2 Å². The van der Waals surface area contributed by atoms with Crippen LogP contribution in [0.3, 0.4) is 0 Å². The first-order valence-electron chi connectivity index (χ1n) is 12.7. The third-order valence-electron chi connectivity index (χ3n) is 7.05. The fraction of sp³-hybridized carbons (Fsp3) is 0.281. The van der Waals surface area contributed by atoms with E-state index in [9.17, 15) is 4.39 Å². The number of terminal acetylenes is 1. The molecule has 38 heavy (non-hydrogen) atoms. The summed E-state index contributed by atoms with van der Waals surface area (Å²) in [6.45, 7) is 1.32. The van der Waals surface area contributed by atoms with Crippen molar-refractivity contribution in [3.05, 3.63) is 77.2 Å². The first-order chi connectivity index (χ1) is 18.6. The van der Waals surface area contributed by atoms with Crippen LogP contribution in [-0.2, 0) is 19.4 Å². The number of nitrogens with zero attached hydrogens (tertiary/aromatic N) is 1. The maximum absolute atomic E-state index is 13.7. The number of hydrogen-bond acceptors (Lipinski definition) is 4. The van der Waals surface area contributed by atoms with E-state index in [0.29, 0.717) is 36.7 Å². The van der Waals surface area contributed by atoms with Crippen LogP contribution in [0.1, 0.15) is 29.5 Å². The van der Waals surface area contributed by atoms with Gasteiger partial charge in [0, 0.05) is 30.2 Å². The topological polar surface area (TPSA) is 40.8 Å². The van der Waals surface area contributed by atoms with Crippen LogP contribution in [0.4, 0.5) is 4.39 Å². The number of rotatable bonds is 9. The Balaban J connectivity index is 1.71. The van der Waals surface area contributed by atoms with Crippen molar-refractivity contribution in [2.24, 2.45) is 0 Å². The lowest BCUT2D eigenvalue weighted by Gasteiger charge is -2.22. The van der Waals surface area contributed by atoms with Crippen molar-refractivity contribution in [1.29, 1.82) is 0 Å². The average Bonchev–Trinajstić information content (AvgIpc) is 2.94. The van der Waals surface area contributed by atoms with E-state index in [-0.39, 0.29) is 5.82 Å². The van der Waals surface area contributed by atoms with Gasteiger partial charge in [-0.1, -0.05) is 12.1 Å². The van der Waals surface area contributed by atoms with Gasteiger partial charge in [0.1, 0.15) is 5.82 Å². The summed E-state index contributed by atoms with van der Waals surface area (Å²) in [7, 11) is 4.96. The SMILES string of the molecule is C#CCCCOc1cc2c(cc1OC)-c1c(Cc3ccc(F)cc3)c3ccc(OC)c(OC)c3c[n+]1CC2. The van der Waals surface area contributed by atoms with Crippen molar-refractivity contribution in [3.8, 4) is 46.6 Å². The Morgan fingerprint density at radius 3 is 2.42 bits per heavy atom. The number of hydrogen-bond donors (Lipinski definition) is 0. The monoisotopic (exact) mass is 512 g/mol. The third kappa shape index (κ3) is 4.72. The maximum atomic E-state index is 13.7. The molecule has 1 aliphatic rings. The molecule has 0 bridgehead atoms. The minimum atomic E-state index is -0.251. The summed E-state index contributed by atoms with van der Waals surface area (Å²) in [5.41, 5.74) is 5.54. The van der Waals surface area contributed by atoms with E-state index in [1.54, 1.807) is 21.3 Å². The van der Waals surface area contributed by atoms with Gasteiger partial charge in [0.05, 0.1) is 38.9 Å². The molecule has 1 aliphatic heterocycles. The Kier molecular flexibility index (Phi) is 7.37. The molecule has 0 aliphatic carbocycles. The quantitative estimate of drug-likeness (QED) is 0.159. The number of benzene rings is 3. The smallest absolute Gasteiger partial charge is 0.217 e. The van der Waals surface area contributed by atoms with E-state index in [1.807, 2.05) is 18.2 Å². The summed E-state index contributed by atoms with van der Waals surface area (Å²) in [6, 6.07) is 14.8. The molecule has 5 rings (SSSR count). The van der Waals surface area contributed by atoms with Crippen LogP contribution in [0.25, 0.3) is 22.0 Å². The standard InChI is InChI=1S/C32H31FNO4/c1-5-6-7-16-38-30-18-22-14-15-34-20-27-24(12-13-28(35-2)32(27)37-4)26(17-21-8-10-23(33)11-9-21)31(34)25(22)19-29(30)36-3/h1,8-13,18-20H,6-7,14-17H2,2-4H3/q+1. The molecule has 0 spiro atoms. The zero-order valence-electron chi connectivity index (χ0n) is 22.0. The van der Waals surface area contributed by atoms with Crippen LogP contribution >= 0.6 is 0 Å². The first kappa shape index (κ1) is 25.4. The number of ether oxygens (including phenoxy) is 4. The summed E-state index contributed by atoms with van der Waals surface area (Å²) in [6.07, 6.45) is 10.4. The van der Waals surface area contributed by atoms with Gasteiger partial charge in [0.2, 0.25) is 5.69 Å². The minimum Gasteiger partial charge on any atom is -0.493 e. The molecule has 3 aromatic carbocycles. The highest BCUT2D eigenvalue weighted by atomic mass is 19.1. The molecule has 0 saturated carbocycles.